The van der Waals surface area contributed by atoms with E-state index < -0.39 is 0 Å². The summed E-state index contributed by atoms with van der Waals surface area (Å²) in [6, 6.07) is 8.30. The Kier molecular flexibility index (Phi) is 6.57. The van der Waals surface area contributed by atoms with E-state index in [9.17, 15) is 4.79 Å². The second-order valence-corrected chi connectivity index (χ2v) is 4.94. The molecule has 0 bridgehead atoms. The molecule has 0 unspecified atom stereocenters. The van der Waals surface area contributed by atoms with Crippen molar-refractivity contribution in [2.24, 2.45) is 0 Å². The van der Waals surface area contributed by atoms with Crippen LogP contribution in [0, 0.1) is 0 Å². The van der Waals surface area contributed by atoms with Gasteiger partial charge in [-0.25, -0.2) is 0 Å². The number of carbonyl (C=O) groups excluding carboxylic acids is 1. The largest absolute Gasteiger partial charge is 0.378 e. The Morgan fingerprint density at radius 2 is 1.65 bits per heavy atom. The summed E-state index contributed by atoms with van der Waals surface area (Å²) in [4.78, 5) is 15.9. The highest BCUT2D eigenvalue weighted by atomic mass is 16.2. The molecule has 0 fully saturated rings. The first-order valence-corrected chi connectivity index (χ1v) is 6.84. The molecule has 0 atom stereocenters. The summed E-state index contributed by atoms with van der Waals surface area (Å²) >= 11 is 0. The second kappa shape index (κ2) is 8.20. The Labute approximate surface area is 122 Å². The van der Waals surface area contributed by atoms with Crippen LogP contribution in [0.3, 0.4) is 0 Å². The minimum Gasteiger partial charge on any atom is -0.378 e. The number of carbonyl (C=O) groups is 1. The number of hydrogen-bond acceptors (Lipinski definition) is 2. The lowest BCUT2D eigenvalue weighted by molar-refractivity contribution is -0.130. The van der Waals surface area contributed by atoms with Crippen LogP contribution >= 0.6 is 0 Å². The monoisotopic (exact) mass is 272 g/mol. The van der Waals surface area contributed by atoms with Gasteiger partial charge in [0.15, 0.2) is 0 Å². The number of benzene rings is 1. The Balaban J connectivity index is 2.54. The lowest BCUT2D eigenvalue weighted by Gasteiger charge is -2.19. The van der Waals surface area contributed by atoms with Gasteiger partial charge in [0, 0.05) is 39.3 Å². The molecule has 0 saturated carbocycles. The summed E-state index contributed by atoms with van der Waals surface area (Å²) in [6.45, 7) is 8.50. The van der Waals surface area contributed by atoms with Gasteiger partial charge in [-0.2, -0.15) is 0 Å². The molecule has 3 nitrogen and oxygen atoms in total. The van der Waals surface area contributed by atoms with Crippen LogP contribution in [0.1, 0.15) is 12.0 Å². The highest BCUT2D eigenvalue weighted by molar-refractivity contribution is 5.76. The van der Waals surface area contributed by atoms with Crippen molar-refractivity contribution in [3.8, 4) is 0 Å². The molecule has 1 rings (SSSR count). The first kappa shape index (κ1) is 16.0. The first-order valence-electron chi connectivity index (χ1n) is 6.84. The molecule has 20 heavy (non-hydrogen) atoms. The molecule has 0 heterocycles. The average Bonchev–Trinajstić information content (AvgIpc) is 2.45. The van der Waals surface area contributed by atoms with E-state index in [0.717, 1.165) is 6.42 Å². The van der Waals surface area contributed by atoms with Gasteiger partial charge in [0.05, 0.1) is 0 Å². The number of amides is 1. The van der Waals surface area contributed by atoms with Crippen molar-refractivity contribution in [2.75, 3.05) is 32.1 Å². The summed E-state index contributed by atoms with van der Waals surface area (Å²) in [5, 5.41) is 0. The van der Waals surface area contributed by atoms with Gasteiger partial charge < -0.3 is 9.80 Å². The lowest BCUT2D eigenvalue weighted by atomic mass is 10.1. The number of aryl methyl sites for hydroxylation is 1. The molecule has 0 aliphatic heterocycles. The van der Waals surface area contributed by atoms with Crippen molar-refractivity contribution in [3.05, 3.63) is 55.1 Å². The topological polar surface area (TPSA) is 23.6 Å². The van der Waals surface area contributed by atoms with E-state index >= 15 is 0 Å². The maximum atomic E-state index is 12.1. The van der Waals surface area contributed by atoms with E-state index in [1.54, 1.807) is 17.1 Å². The maximum Gasteiger partial charge on any atom is 0.223 e. The zero-order valence-corrected chi connectivity index (χ0v) is 12.5. The third-order valence-electron chi connectivity index (χ3n) is 3.13. The van der Waals surface area contributed by atoms with Crippen molar-refractivity contribution < 1.29 is 4.79 Å². The first-order chi connectivity index (χ1) is 9.58. The van der Waals surface area contributed by atoms with E-state index in [0.29, 0.717) is 19.5 Å². The normalized spacial score (nSPS) is 9.90. The molecule has 3 heteroatoms. The van der Waals surface area contributed by atoms with Crippen LogP contribution in [0.2, 0.25) is 0 Å². The summed E-state index contributed by atoms with van der Waals surface area (Å²) in [5.41, 5.74) is 2.35. The fraction of sp³-hybridized carbons (Fsp3) is 0.353. The molecular formula is C17H24N2O. The van der Waals surface area contributed by atoms with Crippen LogP contribution < -0.4 is 4.90 Å². The van der Waals surface area contributed by atoms with Gasteiger partial charge in [0.25, 0.3) is 0 Å². The zero-order valence-electron chi connectivity index (χ0n) is 12.5. The molecule has 0 aromatic heterocycles. The predicted molar refractivity (Wildman–Crippen MR) is 86.1 cm³/mol. The standard InChI is InChI=1S/C17H24N2O/c1-5-13-19(14-6-2)17(20)12-9-15-7-10-16(11-8-15)18(3)4/h5-8,10-11H,1-2,9,12-14H2,3-4H3. The summed E-state index contributed by atoms with van der Waals surface area (Å²) in [7, 11) is 4.03. The fourth-order valence-corrected chi connectivity index (χ4v) is 1.96. The molecule has 0 spiro atoms. The van der Waals surface area contributed by atoms with Crippen molar-refractivity contribution in [1.29, 1.82) is 0 Å². The average molecular weight is 272 g/mol. The number of anilines is 1. The minimum atomic E-state index is 0.140. The van der Waals surface area contributed by atoms with Crippen LogP contribution in [0.15, 0.2) is 49.6 Å². The van der Waals surface area contributed by atoms with E-state index in [4.69, 9.17) is 0 Å². The molecular weight excluding hydrogens is 248 g/mol. The van der Waals surface area contributed by atoms with Crippen LogP contribution in [-0.2, 0) is 11.2 Å². The van der Waals surface area contributed by atoms with E-state index in [-0.39, 0.29) is 5.91 Å². The predicted octanol–water partition coefficient (Wildman–Crippen LogP) is 2.89. The van der Waals surface area contributed by atoms with Gasteiger partial charge >= 0.3 is 0 Å². The van der Waals surface area contributed by atoms with E-state index in [1.165, 1.54) is 11.3 Å². The highest BCUT2D eigenvalue weighted by Crippen LogP contribution is 2.13. The maximum absolute atomic E-state index is 12.1. The van der Waals surface area contributed by atoms with Crippen molar-refractivity contribution in [2.45, 2.75) is 12.8 Å². The van der Waals surface area contributed by atoms with Gasteiger partial charge in [-0.15, -0.1) is 13.2 Å². The van der Waals surface area contributed by atoms with Crippen LogP contribution in [0.4, 0.5) is 5.69 Å². The fourth-order valence-electron chi connectivity index (χ4n) is 1.96. The van der Waals surface area contributed by atoms with Crippen LogP contribution in [0.5, 0.6) is 0 Å². The second-order valence-electron chi connectivity index (χ2n) is 4.94. The van der Waals surface area contributed by atoms with Gasteiger partial charge in [-0.05, 0) is 24.1 Å². The summed E-state index contributed by atoms with van der Waals surface area (Å²) < 4.78 is 0. The molecule has 1 aromatic carbocycles. The molecule has 0 saturated heterocycles. The molecule has 1 aromatic rings. The molecule has 0 aliphatic rings. The molecule has 0 aliphatic carbocycles. The smallest absolute Gasteiger partial charge is 0.223 e. The summed E-state index contributed by atoms with van der Waals surface area (Å²) in [6.07, 6.45) is 4.76. The third kappa shape index (κ3) is 4.92. The van der Waals surface area contributed by atoms with E-state index in [2.05, 4.69) is 42.3 Å². The highest BCUT2D eigenvalue weighted by Gasteiger charge is 2.10. The Hall–Kier alpha value is -2.03. The number of nitrogens with zero attached hydrogens (tertiary/aromatic N) is 2. The van der Waals surface area contributed by atoms with Gasteiger partial charge in [0.1, 0.15) is 0 Å². The lowest BCUT2D eigenvalue weighted by Crippen LogP contribution is -2.31. The van der Waals surface area contributed by atoms with Gasteiger partial charge in [-0.1, -0.05) is 24.3 Å². The Morgan fingerprint density at radius 3 is 2.10 bits per heavy atom. The molecule has 0 radical (unpaired) electrons. The summed E-state index contributed by atoms with van der Waals surface area (Å²) in [5.74, 6) is 0.140. The molecule has 0 N–H and O–H groups in total. The zero-order chi connectivity index (χ0) is 15.0. The molecule has 1 amide bonds. The van der Waals surface area contributed by atoms with Crippen LogP contribution in [-0.4, -0.2) is 38.0 Å². The van der Waals surface area contributed by atoms with Gasteiger partial charge in [-0.3, -0.25) is 4.79 Å². The minimum absolute atomic E-state index is 0.140. The van der Waals surface area contributed by atoms with Crippen molar-refractivity contribution >= 4 is 11.6 Å². The van der Waals surface area contributed by atoms with Crippen LogP contribution in [0.25, 0.3) is 0 Å². The van der Waals surface area contributed by atoms with Crippen molar-refractivity contribution in [3.63, 3.8) is 0 Å². The SMILES string of the molecule is C=CCN(CC=C)C(=O)CCc1ccc(N(C)C)cc1. The van der Waals surface area contributed by atoms with E-state index in [1.807, 2.05) is 14.1 Å². The number of hydrogen-bond donors (Lipinski definition) is 0. The number of rotatable bonds is 8. The molecule has 108 valence electrons. The van der Waals surface area contributed by atoms with Crippen molar-refractivity contribution in [1.82, 2.24) is 4.90 Å². The quantitative estimate of drug-likeness (QED) is 0.679. The third-order valence-corrected chi connectivity index (χ3v) is 3.13. The Bertz CT molecular complexity index is 439. The van der Waals surface area contributed by atoms with Gasteiger partial charge in [0.2, 0.25) is 5.91 Å². The Morgan fingerprint density at radius 1 is 1.10 bits per heavy atom.